The van der Waals surface area contributed by atoms with Gasteiger partial charge in [0, 0.05) is 6.54 Å². The number of hydrogen-bond donors (Lipinski definition) is 2. The van der Waals surface area contributed by atoms with E-state index in [1.54, 1.807) is 0 Å². The van der Waals surface area contributed by atoms with Gasteiger partial charge in [-0.25, -0.2) is 0 Å². The maximum atomic E-state index is 6.15. The third kappa shape index (κ3) is 8.97. The quantitative estimate of drug-likeness (QED) is 0.628. The fraction of sp³-hybridized carbons (Fsp3) is 0.571. The smallest absolute Gasteiger partial charge is 0.156 e. The van der Waals surface area contributed by atoms with E-state index < -0.39 is 0 Å². The Morgan fingerprint density at radius 1 is 1.00 bits per heavy atom. The minimum absolute atomic E-state index is 0. The average molecular weight is 378 g/mol. The van der Waals surface area contributed by atoms with E-state index in [0.717, 1.165) is 38.2 Å². The van der Waals surface area contributed by atoms with E-state index in [0.29, 0.717) is 22.4 Å². The molecule has 0 aromatic heterocycles. The Kier molecular flexibility index (Phi) is 15.3. The predicted molar refractivity (Wildman–Crippen MR) is 97.0 cm³/mol. The van der Waals surface area contributed by atoms with E-state index in [4.69, 9.17) is 27.9 Å². The molecule has 0 heterocycles. The second-order valence-corrected chi connectivity index (χ2v) is 5.02. The largest absolute Gasteiger partial charge is 0.491 e. The summed E-state index contributed by atoms with van der Waals surface area (Å²) in [5.41, 5.74) is 1.07. The van der Waals surface area contributed by atoms with E-state index >= 15 is 0 Å². The second kappa shape index (κ2) is 13.7. The lowest BCUT2D eigenvalue weighted by Crippen LogP contribution is -2.21. The molecule has 3 nitrogen and oxygen atoms in total. The molecular weight excluding hydrogens is 354 g/mol. The molecule has 1 aromatic rings. The molecule has 7 heteroatoms. The van der Waals surface area contributed by atoms with Gasteiger partial charge < -0.3 is 15.4 Å². The summed E-state index contributed by atoms with van der Waals surface area (Å²) in [5.74, 6) is 0.571. The summed E-state index contributed by atoms with van der Waals surface area (Å²) in [6.07, 6.45) is 1.10. The fourth-order valence-corrected chi connectivity index (χ4v) is 2.39. The zero-order chi connectivity index (χ0) is 14.1. The highest BCUT2D eigenvalue weighted by Crippen LogP contribution is 2.34. The van der Waals surface area contributed by atoms with Crippen molar-refractivity contribution in [2.45, 2.75) is 26.8 Å². The summed E-state index contributed by atoms with van der Waals surface area (Å²) in [5, 5.41) is 7.79. The lowest BCUT2D eigenvalue weighted by atomic mass is 10.2. The van der Waals surface area contributed by atoms with Crippen LogP contribution in [0.5, 0.6) is 5.75 Å². The van der Waals surface area contributed by atoms with Crippen molar-refractivity contribution in [2.24, 2.45) is 0 Å². The Balaban J connectivity index is 0. The van der Waals surface area contributed by atoms with Crippen LogP contribution in [0.1, 0.15) is 25.8 Å². The van der Waals surface area contributed by atoms with Crippen LogP contribution in [0.2, 0.25) is 10.0 Å². The third-order valence-corrected chi connectivity index (χ3v) is 3.19. The molecule has 0 aliphatic carbocycles. The molecule has 2 N–H and O–H groups in total. The number of rotatable bonds is 9. The lowest BCUT2D eigenvalue weighted by molar-refractivity contribution is 0.340. The van der Waals surface area contributed by atoms with Gasteiger partial charge in [0.05, 0.1) is 16.7 Å². The molecule has 0 saturated carbocycles. The van der Waals surface area contributed by atoms with Gasteiger partial charge in [0.15, 0.2) is 5.75 Å². The molecule has 1 rings (SSSR count). The monoisotopic (exact) mass is 376 g/mol. The summed E-state index contributed by atoms with van der Waals surface area (Å²) in [6, 6.07) is 3.80. The Morgan fingerprint density at radius 3 is 2.10 bits per heavy atom. The number of ether oxygens (including phenoxy) is 1. The first kappa shape index (κ1) is 23.4. The fourth-order valence-electron chi connectivity index (χ4n) is 1.74. The van der Waals surface area contributed by atoms with Gasteiger partial charge in [0.2, 0.25) is 0 Å². The Bertz CT molecular complexity index is 368. The number of halogens is 4. The third-order valence-electron chi connectivity index (χ3n) is 2.63. The van der Waals surface area contributed by atoms with Crippen LogP contribution in [-0.4, -0.2) is 26.2 Å². The number of hydrogen-bond acceptors (Lipinski definition) is 3. The summed E-state index contributed by atoms with van der Waals surface area (Å²) in [4.78, 5) is 0. The van der Waals surface area contributed by atoms with Crippen LogP contribution < -0.4 is 15.4 Å². The first-order valence-corrected chi connectivity index (χ1v) is 7.46. The summed E-state index contributed by atoms with van der Waals surface area (Å²) >= 11 is 12.3. The molecule has 0 saturated heterocycles. The van der Waals surface area contributed by atoms with Gasteiger partial charge in [-0.2, -0.15) is 0 Å². The van der Waals surface area contributed by atoms with E-state index in [9.17, 15) is 0 Å². The van der Waals surface area contributed by atoms with Gasteiger partial charge in [0.25, 0.3) is 0 Å². The highest BCUT2D eigenvalue weighted by atomic mass is 35.5. The molecular formula is C14H24Cl4N2O. The van der Waals surface area contributed by atoms with E-state index in [1.807, 2.05) is 19.1 Å². The number of benzene rings is 1. The molecule has 0 aliphatic heterocycles. The van der Waals surface area contributed by atoms with Crippen LogP contribution in [0.4, 0.5) is 0 Å². The van der Waals surface area contributed by atoms with Crippen molar-refractivity contribution in [1.29, 1.82) is 0 Å². The van der Waals surface area contributed by atoms with Gasteiger partial charge in [-0.3, -0.25) is 0 Å². The predicted octanol–water partition coefficient (Wildman–Crippen LogP) is 4.32. The minimum Gasteiger partial charge on any atom is -0.491 e. The van der Waals surface area contributed by atoms with Gasteiger partial charge >= 0.3 is 0 Å². The summed E-state index contributed by atoms with van der Waals surface area (Å²) in [7, 11) is 0. The molecule has 0 fully saturated rings. The van der Waals surface area contributed by atoms with Crippen molar-refractivity contribution in [1.82, 2.24) is 10.6 Å². The lowest BCUT2D eigenvalue weighted by Gasteiger charge is -2.11. The molecule has 124 valence electrons. The first-order chi connectivity index (χ1) is 9.19. The second-order valence-electron chi connectivity index (χ2n) is 4.21. The zero-order valence-electron chi connectivity index (χ0n) is 12.4. The van der Waals surface area contributed by atoms with E-state index in [2.05, 4.69) is 17.6 Å². The van der Waals surface area contributed by atoms with Gasteiger partial charge in [-0.15, -0.1) is 24.8 Å². The molecule has 0 spiro atoms. The molecule has 1 aromatic carbocycles. The van der Waals surface area contributed by atoms with Crippen LogP contribution in [-0.2, 0) is 6.54 Å². The highest BCUT2D eigenvalue weighted by molar-refractivity contribution is 6.37. The highest BCUT2D eigenvalue weighted by Gasteiger charge is 2.08. The normalized spacial score (nSPS) is 9.71. The maximum absolute atomic E-state index is 6.15. The van der Waals surface area contributed by atoms with Gasteiger partial charge in [-0.1, -0.05) is 30.1 Å². The molecule has 0 amide bonds. The van der Waals surface area contributed by atoms with Crippen molar-refractivity contribution in [3.63, 3.8) is 0 Å². The topological polar surface area (TPSA) is 33.3 Å². The zero-order valence-corrected chi connectivity index (χ0v) is 15.5. The van der Waals surface area contributed by atoms with Crippen molar-refractivity contribution in [3.05, 3.63) is 27.7 Å². The maximum Gasteiger partial charge on any atom is 0.156 e. The molecule has 0 radical (unpaired) electrons. The first-order valence-electron chi connectivity index (χ1n) is 6.71. The van der Waals surface area contributed by atoms with Crippen molar-refractivity contribution in [3.8, 4) is 5.75 Å². The Morgan fingerprint density at radius 2 is 1.57 bits per heavy atom. The van der Waals surface area contributed by atoms with Gasteiger partial charge in [-0.05, 0) is 50.7 Å². The Labute approximate surface area is 149 Å². The minimum atomic E-state index is 0. The van der Waals surface area contributed by atoms with E-state index in [1.165, 1.54) is 0 Å². The van der Waals surface area contributed by atoms with Crippen molar-refractivity contribution >= 4 is 48.0 Å². The summed E-state index contributed by atoms with van der Waals surface area (Å²) in [6.45, 7) is 8.36. The summed E-state index contributed by atoms with van der Waals surface area (Å²) < 4.78 is 5.40. The molecule has 0 bridgehead atoms. The number of nitrogens with one attached hydrogen (secondary N) is 2. The van der Waals surface area contributed by atoms with Crippen molar-refractivity contribution in [2.75, 3.05) is 26.2 Å². The molecule has 0 atom stereocenters. The average Bonchev–Trinajstić information content (AvgIpc) is 2.38. The SMILES string of the molecule is CCNCCCNCc1cc(Cl)c(OCC)c(Cl)c1.Cl.Cl. The van der Waals surface area contributed by atoms with E-state index in [-0.39, 0.29) is 24.8 Å². The van der Waals surface area contributed by atoms with Crippen LogP contribution in [0.3, 0.4) is 0 Å². The van der Waals surface area contributed by atoms with Crippen LogP contribution in [0.15, 0.2) is 12.1 Å². The van der Waals surface area contributed by atoms with Crippen LogP contribution >= 0.6 is 48.0 Å². The van der Waals surface area contributed by atoms with Crippen LogP contribution in [0, 0.1) is 0 Å². The molecule has 0 unspecified atom stereocenters. The molecule has 21 heavy (non-hydrogen) atoms. The standard InChI is InChI=1S/C14H22Cl2N2O.2ClH/c1-3-17-6-5-7-18-10-11-8-12(15)14(19-4-2)13(16)9-11;;/h8-9,17-18H,3-7,10H2,1-2H3;2*1H. The Hall–Kier alpha value is 0.1000. The van der Waals surface area contributed by atoms with Gasteiger partial charge in [0.1, 0.15) is 0 Å². The molecule has 0 aliphatic rings. The van der Waals surface area contributed by atoms with Crippen molar-refractivity contribution < 1.29 is 4.74 Å². The van der Waals surface area contributed by atoms with Crippen LogP contribution in [0.25, 0.3) is 0 Å².